The van der Waals surface area contributed by atoms with Crippen LogP contribution in [-0.2, 0) is 0 Å². The van der Waals surface area contributed by atoms with E-state index in [1.807, 2.05) is 25.1 Å². The highest BCUT2D eigenvalue weighted by Gasteiger charge is 2.34. The molecule has 0 amide bonds. The van der Waals surface area contributed by atoms with Crippen LogP contribution in [0.15, 0.2) is 34.5 Å². The van der Waals surface area contributed by atoms with E-state index >= 15 is 0 Å². The summed E-state index contributed by atoms with van der Waals surface area (Å²) < 4.78 is 0. The number of rotatable bonds is 4. The molecule has 1 aromatic heterocycles. The van der Waals surface area contributed by atoms with Crippen LogP contribution in [0.2, 0.25) is 0 Å². The quantitative estimate of drug-likeness (QED) is 0.793. The van der Waals surface area contributed by atoms with Crippen molar-refractivity contribution in [2.45, 2.75) is 19.8 Å². The number of benzene rings is 1. The molecule has 2 aromatic rings. The Labute approximate surface area is 145 Å². The zero-order chi connectivity index (χ0) is 18.0. The van der Waals surface area contributed by atoms with Gasteiger partial charge in [0.2, 0.25) is 0 Å². The maximum atomic E-state index is 9.62. The largest absolute Gasteiger partial charge is 0.395 e. The Morgan fingerprint density at radius 2 is 2.12 bits per heavy atom. The van der Waals surface area contributed by atoms with Crippen LogP contribution in [0, 0.1) is 28.6 Å². The van der Waals surface area contributed by atoms with Crippen molar-refractivity contribution in [2.75, 3.05) is 18.5 Å². The van der Waals surface area contributed by atoms with E-state index in [0.717, 1.165) is 22.2 Å². The number of aromatic amines is 1. The van der Waals surface area contributed by atoms with Crippen molar-refractivity contribution in [2.24, 2.45) is 10.9 Å². The molecule has 0 saturated heterocycles. The number of aliphatic imine (C=N–C) groups is 1. The molecular formula is C18H18N6O. The molecule has 0 fully saturated rings. The predicted molar refractivity (Wildman–Crippen MR) is 94.9 cm³/mol. The number of H-pyrrole nitrogens is 1. The molecular weight excluding hydrogens is 316 g/mol. The molecule has 0 spiro atoms. The Kier molecular flexibility index (Phi) is 4.51. The van der Waals surface area contributed by atoms with Gasteiger partial charge in [0.15, 0.2) is 5.82 Å². The predicted octanol–water partition coefficient (Wildman–Crippen LogP) is 2.46. The van der Waals surface area contributed by atoms with Crippen LogP contribution in [0.5, 0.6) is 0 Å². The van der Waals surface area contributed by atoms with E-state index < -0.39 is 5.92 Å². The van der Waals surface area contributed by atoms with Crippen LogP contribution < -0.4 is 5.32 Å². The van der Waals surface area contributed by atoms with Crippen LogP contribution in [0.1, 0.15) is 25.3 Å². The normalized spacial score (nSPS) is 20.1. The molecule has 2 atom stereocenters. The molecule has 2 heterocycles. The van der Waals surface area contributed by atoms with Gasteiger partial charge >= 0.3 is 0 Å². The minimum absolute atomic E-state index is 0.00332. The van der Waals surface area contributed by atoms with Crippen molar-refractivity contribution >= 4 is 22.4 Å². The first-order chi connectivity index (χ1) is 12.1. The number of aliphatic hydroxyl groups is 1. The molecule has 0 radical (unpaired) electrons. The van der Waals surface area contributed by atoms with Crippen molar-refractivity contribution < 1.29 is 5.11 Å². The molecule has 7 heteroatoms. The monoisotopic (exact) mass is 334 g/mol. The fraction of sp³-hybridized carbons (Fsp3) is 0.333. The minimum atomic E-state index is -0.475. The number of nitrogens with one attached hydrogen (secondary N) is 2. The summed E-state index contributed by atoms with van der Waals surface area (Å²) in [7, 11) is 0. The third kappa shape index (κ3) is 2.86. The molecule has 3 N–H and O–H groups in total. The third-order valence-electron chi connectivity index (χ3n) is 4.44. The first-order valence-corrected chi connectivity index (χ1v) is 7.99. The fourth-order valence-corrected chi connectivity index (χ4v) is 3.24. The van der Waals surface area contributed by atoms with Gasteiger partial charge in [-0.2, -0.15) is 15.6 Å². The second-order valence-corrected chi connectivity index (χ2v) is 5.98. The fourth-order valence-electron chi connectivity index (χ4n) is 3.24. The van der Waals surface area contributed by atoms with Gasteiger partial charge in [0.25, 0.3) is 0 Å². The lowest BCUT2D eigenvalue weighted by Crippen LogP contribution is -2.24. The van der Waals surface area contributed by atoms with Crippen LogP contribution in [-0.4, -0.2) is 34.2 Å². The Hall–Kier alpha value is -3.16. The van der Waals surface area contributed by atoms with E-state index in [1.165, 1.54) is 0 Å². The zero-order valence-electron chi connectivity index (χ0n) is 14.0. The van der Waals surface area contributed by atoms with Gasteiger partial charge in [-0.1, -0.05) is 6.07 Å². The second-order valence-electron chi connectivity index (χ2n) is 5.98. The SMILES string of the molecule is CC1=NC(C)=C(C#N)C(c2ccc3[nH]nc(NCCO)c3c2)C1C#N. The first-order valence-electron chi connectivity index (χ1n) is 7.99. The molecule has 0 bridgehead atoms. The number of hydrogen-bond acceptors (Lipinski definition) is 6. The molecule has 0 saturated carbocycles. The van der Waals surface area contributed by atoms with Crippen LogP contribution in [0.4, 0.5) is 5.82 Å². The number of aromatic nitrogens is 2. The van der Waals surface area contributed by atoms with Gasteiger partial charge in [-0.15, -0.1) is 0 Å². The average Bonchev–Trinajstić information content (AvgIpc) is 3.01. The zero-order valence-corrected chi connectivity index (χ0v) is 14.0. The molecule has 7 nitrogen and oxygen atoms in total. The second kappa shape index (κ2) is 6.76. The molecule has 1 aliphatic heterocycles. The Morgan fingerprint density at radius 1 is 1.32 bits per heavy atom. The first kappa shape index (κ1) is 16.7. The van der Waals surface area contributed by atoms with Crippen LogP contribution in [0.25, 0.3) is 10.9 Å². The summed E-state index contributed by atoms with van der Waals surface area (Å²) in [5.41, 5.74) is 3.61. The number of fused-ring (bicyclic) bond motifs is 1. The molecule has 25 heavy (non-hydrogen) atoms. The van der Waals surface area contributed by atoms with E-state index in [9.17, 15) is 10.5 Å². The number of aliphatic hydroxyl groups excluding tert-OH is 1. The van der Waals surface area contributed by atoms with Gasteiger partial charge in [-0.25, -0.2) is 0 Å². The molecule has 0 aliphatic carbocycles. The van der Waals surface area contributed by atoms with Crippen molar-refractivity contribution in [1.82, 2.24) is 10.2 Å². The molecule has 1 aromatic carbocycles. The maximum absolute atomic E-state index is 9.62. The summed E-state index contributed by atoms with van der Waals surface area (Å²) in [5.74, 6) is -0.186. The highest BCUT2D eigenvalue weighted by Crippen LogP contribution is 2.39. The van der Waals surface area contributed by atoms with Crippen LogP contribution in [0.3, 0.4) is 0 Å². The standard InChI is InChI=1S/C18H18N6O/c1-10-14(8-19)17(15(9-20)11(2)22-10)12-3-4-16-13(7-12)18(24-23-16)21-5-6-25/h3-4,7,14,17,25H,5-6H2,1-2H3,(H2,21,23,24). The highest BCUT2D eigenvalue weighted by molar-refractivity contribution is 5.93. The summed E-state index contributed by atoms with van der Waals surface area (Å²) in [6.07, 6.45) is 0. The van der Waals surface area contributed by atoms with Gasteiger partial charge in [0.1, 0.15) is 0 Å². The molecule has 126 valence electrons. The summed E-state index contributed by atoms with van der Waals surface area (Å²) in [6, 6.07) is 10.3. The third-order valence-corrected chi connectivity index (χ3v) is 4.44. The van der Waals surface area contributed by atoms with Gasteiger partial charge in [-0.3, -0.25) is 10.1 Å². The van der Waals surface area contributed by atoms with Gasteiger partial charge < -0.3 is 10.4 Å². The van der Waals surface area contributed by atoms with E-state index in [-0.39, 0.29) is 12.5 Å². The molecule has 3 rings (SSSR count). The number of anilines is 1. The van der Waals surface area contributed by atoms with Crippen molar-refractivity contribution in [3.8, 4) is 12.1 Å². The van der Waals surface area contributed by atoms with E-state index in [4.69, 9.17) is 5.11 Å². The number of nitrogens with zero attached hydrogens (tertiary/aromatic N) is 4. The Bertz CT molecular complexity index is 956. The van der Waals surface area contributed by atoms with Crippen molar-refractivity contribution in [3.05, 3.63) is 35.0 Å². The number of nitriles is 2. The maximum Gasteiger partial charge on any atom is 0.155 e. The van der Waals surface area contributed by atoms with Crippen molar-refractivity contribution in [1.29, 1.82) is 10.5 Å². The summed E-state index contributed by atoms with van der Waals surface area (Å²) in [6.45, 7) is 4.02. The van der Waals surface area contributed by atoms with Gasteiger partial charge in [0.05, 0.1) is 41.5 Å². The Morgan fingerprint density at radius 3 is 2.80 bits per heavy atom. The van der Waals surface area contributed by atoms with E-state index in [2.05, 4.69) is 32.6 Å². The van der Waals surface area contributed by atoms with Gasteiger partial charge in [0, 0.05) is 23.6 Å². The van der Waals surface area contributed by atoms with Crippen LogP contribution >= 0.6 is 0 Å². The summed E-state index contributed by atoms with van der Waals surface area (Å²) >= 11 is 0. The van der Waals surface area contributed by atoms with Crippen molar-refractivity contribution in [3.63, 3.8) is 0 Å². The lowest BCUT2D eigenvalue weighted by molar-refractivity contribution is 0.311. The topological polar surface area (TPSA) is 121 Å². The smallest absolute Gasteiger partial charge is 0.155 e. The number of allylic oxidation sites excluding steroid dienone is 2. The van der Waals surface area contributed by atoms with E-state index in [1.54, 1.807) is 6.92 Å². The number of hydrogen-bond donors (Lipinski definition) is 3. The summed E-state index contributed by atoms with van der Waals surface area (Å²) in [4.78, 5) is 4.37. The molecule has 2 unspecified atom stereocenters. The minimum Gasteiger partial charge on any atom is -0.395 e. The lowest BCUT2D eigenvalue weighted by atomic mass is 9.76. The summed E-state index contributed by atoms with van der Waals surface area (Å²) in [5, 5.41) is 39.3. The lowest BCUT2D eigenvalue weighted by Gasteiger charge is -2.26. The average molecular weight is 334 g/mol. The Balaban J connectivity index is 2.12. The molecule has 1 aliphatic rings. The van der Waals surface area contributed by atoms with E-state index in [0.29, 0.717) is 23.6 Å². The highest BCUT2D eigenvalue weighted by atomic mass is 16.3. The van der Waals surface area contributed by atoms with Gasteiger partial charge in [-0.05, 0) is 31.5 Å².